The van der Waals surface area contributed by atoms with Crippen LogP contribution in [0.25, 0.3) is 0 Å². The van der Waals surface area contributed by atoms with Crippen molar-refractivity contribution < 1.29 is 19.4 Å². The van der Waals surface area contributed by atoms with Crippen LogP contribution >= 0.6 is 11.6 Å². The predicted molar refractivity (Wildman–Crippen MR) is 66.8 cm³/mol. The number of hydrogen-bond donors (Lipinski definition) is 2. The Morgan fingerprint density at radius 3 is 2.56 bits per heavy atom. The van der Waals surface area contributed by atoms with Crippen molar-refractivity contribution in [2.75, 3.05) is 6.61 Å². The Morgan fingerprint density at radius 1 is 1.39 bits per heavy atom. The molecule has 98 valence electrons. The number of carboxylic acids is 1. The monoisotopic (exact) mass is 271 g/mol. The zero-order valence-corrected chi connectivity index (χ0v) is 10.8. The third kappa shape index (κ3) is 3.92. The van der Waals surface area contributed by atoms with Gasteiger partial charge in [-0.1, -0.05) is 23.7 Å². The zero-order chi connectivity index (χ0) is 13.8. The van der Waals surface area contributed by atoms with Crippen LogP contribution in [0.1, 0.15) is 13.8 Å². The maximum Gasteiger partial charge on any atom is 0.328 e. The molecule has 0 unspecified atom stereocenters. The summed E-state index contributed by atoms with van der Waals surface area (Å²) < 4.78 is 5.19. The standard InChI is InChI=1S/C12H14ClNO4/c1-12(2,11(16)17)14-10(15)7-18-9-6-4-3-5-8(9)13/h3-6H,7H2,1-2H3,(H,14,15)(H,16,17). The lowest BCUT2D eigenvalue weighted by molar-refractivity contribution is -0.146. The van der Waals surface area contributed by atoms with E-state index < -0.39 is 17.4 Å². The van der Waals surface area contributed by atoms with Crippen LogP contribution in [0.3, 0.4) is 0 Å². The van der Waals surface area contributed by atoms with Gasteiger partial charge in [0.2, 0.25) is 0 Å². The molecule has 2 N–H and O–H groups in total. The number of amides is 1. The SMILES string of the molecule is CC(C)(NC(=O)COc1ccccc1Cl)C(=O)O. The van der Waals surface area contributed by atoms with E-state index in [1.807, 2.05) is 0 Å². The number of nitrogens with one attached hydrogen (secondary N) is 1. The number of rotatable bonds is 5. The fourth-order valence-electron chi connectivity index (χ4n) is 1.14. The minimum absolute atomic E-state index is 0.291. The summed E-state index contributed by atoms with van der Waals surface area (Å²) in [6, 6.07) is 6.72. The Morgan fingerprint density at radius 2 is 2.00 bits per heavy atom. The molecule has 0 bridgehead atoms. The highest BCUT2D eigenvalue weighted by Gasteiger charge is 2.28. The number of halogens is 1. The molecule has 1 aromatic rings. The first-order valence-corrected chi connectivity index (χ1v) is 5.62. The molecule has 0 aromatic heterocycles. The molecule has 0 spiro atoms. The third-order valence-electron chi connectivity index (χ3n) is 2.18. The van der Waals surface area contributed by atoms with E-state index in [2.05, 4.69) is 5.32 Å². The van der Waals surface area contributed by atoms with Crippen LogP contribution in [0.2, 0.25) is 5.02 Å². The summed E-state index contributed by atoms with van der Waals surface area (Å²) in [5, 5.41) is 11.6. The second-order valence-corrected chi connectivity index (χ2v) is 4.60. The first-order chi connectivity index (χ1) is 8.33. The van der Waals surface area contributed by atoms with Gasteiger partial charge in [0.05, 0.1) is 5.02 Å². The molecule has 0 atom stereocenters. The van der Waals surface area contributed by atoms with Crippen molar-refractivity contribution in [3.63, 3.8) is 0 Å². The first-order valence-electron chi connectivity index (χ1n) is 5.24. The summed E-state index contributed by atoms with van der Waals surface area (Å²) in [6.07, 6.45) is 0. The van der Waals surface area contributed by atoms with Crippen molar-refractivity contribution in [1.29, 1.82) is 0 Å². The summed E-state index contributed by atoms with van der Waals surface area (Å²) >= 11 is 5.84. The van der Waals surface area contributed by atoms with Gasteiger partial charge in [0, 0.05) is 0 Å². The van der Waals surface area contributed by atoms with Crippen molar-refractivity contribution in [1.82, 2.24) is 5.32 Å². The van der Waals surface area contributed by atoms with Crippen LogP contribution < -0.4 is 10.1 Å². The van der Waals surface area contributed by atoms with Gasteiger partial charge in [-0.25, -0.2) is 4.79 Å². The number of para-hydroxylation sites is 1. The van der Waals surface area contributed by atoms with Crippen LogP contribution in [0.5, 0.6) is 5.75 Å². The number of benzene rings is 1. The largest absolute Gasteiger partial charge is 0.482 e. The summed E-state index contributed by atoms with van der Waals surface area (Å²) in [5.41, 5.74) is -1.33. The van der Waals surface area contributed by atoms with Gasteiger partial charge in [0.1, 0.15) is 11.3 Å². The molecule has 1 aromatic carbocycles. The summed E-state index contributed by atoms with van der Waals surface area (Å²) in [6.45, 7) is 2.49. The molecule has 6 heteroatoms. The first kappa shape index (κ1) is 14.3. The van der Waals surface area contributed by atoms with E-state index in [1.165, 1.54) is 13.8 Å². The quantitative estimate of drug-likeness (QED) is 0.855. The van der Waals surface area contributed by atoms with E-state index in [-0.39, 0.29) is 6.61 Å². The van der Waals surface area contributed by atoms with Crippen molar-refractivity contribution in [2.24, 2.45) is 0 Å². The number of carboxylic acid groups (broad SMARTS) is 1. The maximum absolute atomic E-state index is 11.5. The van der Waals surface area contributed by atoms with Crippen LogP contribution in [0.15, 0.2) is 24.3 Å². The van der Waals surface area contributed by atoms with E-state index in [9.17, 15) is 9.59 Å². The van der Waals surface area contributed by atoms with Gasteiger partial charge in [-0.05, 0) is 26.0 Å². The van der Waals surface area contributed by atoms with Gasteiger partial charge in [-0.2, -0.15) is 0 Å². The van der Waals surface area contributed by atoms with E-state index in [4.69, 9.17) is 21.4 Å². The molecule has 0 heterocycles. The van der Waals surface area contributed by atoms with Gasteiger partial charge in [0.15, 0.2) is 6.61 Å². The van der Waals surface area contributed by atoms with E-state index in [0.717, 1.165) is 0 Å². The highest BCUT2D eigenvalue weighted by Crippen LogP contribution is 2.22. The highest BCUT2D eigenvalue weighted by atomic mass is 35.5. The van der Waals surface area contributed by atoms with Crippen molar-refractivity contribution in [3.05, 3.63) is 29.3 Å². The Bertz CT molecular complexity index is 459. The number of carbonyl (C=O) groups excluding carboxylic acids is 1. The molecule has 0 aliphatic heterocycles. The average molecular weight is 272 g/mol. The average Bonchev–Trinajstić information content (AvgIpc) is 2.27. The fourth-order valence-corrected chi connectivity index (χ4v) is 1.33. The van der Waals surface area contributed by atoms with Crippen LogP contribution in [-0.4, -0.2) is 29.1 Å². The Labute approximate surface area is 110 Å². The van der Waals surface area contributed by atoms with Crippen LogP contribution in [0, 0.1) is 0 Å². The predicted octanol–water partition coefficient (Wildman–Crippen LogP) is 1.70. The van der Waals surface area contributed by atoms with Gasteiger partial charge < -0.3 is 15.2 Å². The lowest BCUT2D eigenvalue weighted by Crippen LogP contribution is -2.51. The van der Waals surface area contributed by atoms with E-state index in [0.29, 0.717) is 10.8 Å². The van der Waals surface area contributed by atoms with Crippen molar-refractivity contribution in [3.8, 4) is 5.75 Å². The lowest BCUT2D eigenvalue weighted by Gasteiger charge is -2.21. The molecule has 0 saturated carbocycles. The molecule has 0 aliphatic rings. The Kier molecular flexibility index (Phi) is 4.55. The number of hydrogen-bond acceptors (Lipinski definition) is 3. The number of carbonyl (C=O) groups is 2. The smallest absolute Gasteiger partial charge is 0.328 e. The normalized spacial score (nSPS) is 10.8. The third-order valence-corrected chi connectivity index (χ3v) is 2.49. The molecule has 0 radical (unpaired) electrons. The van der Waals surface area contributed by atoms with Crippen molar-refractivity contribution in [2.45, 2.75) is 19.4 Å². The van der Waals surface area contributed by atoms with Crippen LogP contribution in [0.4, 0.5) is 0 Å². The molecular weight excluding hydrogens is 258 g/mol. The van der Waals surface area contributed by atoms with Gasteiger partial charge in [0.25, 0.3) is 5.91 Å². The fraction of sp³-hybridized carbons (Fsp3) is 0.333. The molecular formula is C12H14ClNO4. The maximum atomic E-state index is 11.5. The minimum atomic E-state index is -1.33. The summed E-state index contributed by atoms with van der Waals surface area (Å²) in [4.78, 5) is 22.3. The van der Waals surface area contributed by atoms with Gasteiger partial charge >= 0.3 is 5.97 Å². The van der Waals surface area contributed by atoms with Crippen LogP contribution in [-0.2, 0) is 9.59 Å². The molecule has 0 saturated heterocycles. The molecule has 0 fully saturated rings. The molecule has 1 rings (SSSR count). The molecule has 1 amide bonds. The second-order valence-electron chi connectivity index (χ2n) is 4.20. The molecule has 5 nitrogen and oxygen atoms in total. The Balaban J connectivity index is 2.53. The van der Waals surface area contributed by atoms with Crippen molar-refractivity contribution >= 4 is 23.5 Å². The second kappa shape index (κ2) is 5.73. The van der Waals surface area contributed by atoms with E-state index in [1.54, 1.807) is 24.3 Å². The molecule has 18 heavy (non-hydrogen) atoms. The zero-order valence-electron chi connectivity index (χ0n) is 10.1. The Hall–Kier alpha value is -1.75. The minimum Gasteiger partial charge on any atom is -0.482 e. The topological polar surface area (TPSA) is 75.6 Å². The number of ether oxygens (including phenoxy) is 1. The summed E-state index contributed by atoms with van der Waals surface area (Å²) in [7, 11) is 0. The lowest BCUT2D eigenvalue weighted by atomic mass is 10.1. The molecule has 0 aliphatic carbocycles. The van der Waals surface area contributed by atoms with E-state index >= 15 is 0 Å². The van der Waals surface area contributed by atoms with Gasteiger partial charge in [-0.3, -0.25) is 4.79 Å². The number of aliphatic carboxylic acids is 1. The van der Waals surface area contributed by atoms with Gasteiger partial charge in [-0.15, -0.1) is 0 Å². The summed E-state index contributed by atoms with van der Waals surface area (Å²) in [5.74, 6) is -1.27. The highest BCUT2D eigenvalue weighted by molar-refractivity contribution is 6.32.